The van der Waals surface area contributed by atoms with Gasteiger partial charge >= 0.3 is 11.4 Å². The van der Waals surface area contributed by atoms with Gasteiger partial charge in [-0.3, -0.25) is 25.5 Å². The van der Waals surface area contributed by atoms with Crippen LogP contribution in [0.3, 0.4) is 0 Å². The summed E-state index contributed by atoms with van der Waals surface area (Å²) in [4.78, 5) is 19.0. The summed E-state index contributed by atoms with van der Waals surface area (Å²) in [5, 5.41) is 31.8. The average molecular weight is 286 g/mol. The summed E-state index contributed by atoms with van der Waals surface area (Å²) in [5.74, 6) is 0. The van der Waals surface area contributed by atoms with E-state index in [-0.39, 0.29) is 0 Å². The lowest BCUT2D eigenvalue weighted by Gasteiger charge is -2.04. The second-order valence-electron chi connectivity index (χ2n) is 3.36. The van der Waals surface area contributed by atoms with Gasteiger partial charge in [0.25, 0.3) is 0 Å². The van der Waals surface area contributed by atoms with Crippen molar-refractivity contribution in [3.05, 3.63) is 32.4 Å². The quantitative estimate of drug-likeness (QED) is 0.368. The minimum Gasteiger partial charge on any atom is -0.281 e. The molecule has 0 aliphatic rings. The van der Waals surface area contributed by atoms with E-state index in [0.717, 1.165) is 6.26 Å². The van der Waals surface area contributed by atoms with Crippen molar-refractivity contribution in [1.82, 2.24) is 0 Å². The number of nitrogens with one attached hydrogen (secondary N) is 1. The van der Waals surface area contributed by atoms with Crippen LogP contribution in [0, 0.1) is 31.7 Å². The molecule has 1 aromatic carbocycles. The van der Waals surface area contributed by atoms with Crippen molar-refractivity contribution in [2.45, 2.75) is 4.90 Å². The molecule has 0 spiro atoms. The van der Waals surface area contributed by atoms with Crippen molar-refractivity contribution in [2.75, 3.05) is 11.6 Å². The van der Waals surface area contributed by atoms with E-state index in [2.05, 4.69) is 0 Å². The zero-order valence-electron chi connectivity index (χ0n) is 9.35. The van der Waals surface area contributed by atoms with Crippen LogP contribution in [-0.4, -0.2) is 24.5 Å². The Morgan fingerprint density at radius 2 is 1.63 bits per heavy atom. The number of anilines is 1. The maximum atomic E-state index is 11.3. The highest BCUT2D eigenvalue weighted by Gasteiger charge is 2.29. The second kappa shape index (κ2) is 4.86. The molecule has 11 heteroatoms. The van der Waals surface area contributed by atoms with E-state index in [1.165, 1.54) is 6.19 Å². The Kier molecular flexibility index (Phi) is 3.67. The smallest absolute Gasteiger partial charge is 0.281 e. The van der Waals surface area contributed by atoms with E-state index in [1.54, 1.807) is 0 Å². The summed E-state index contributed by atoms with van der Waals surface area (Å²) in [5.41, 5.74) is -2.39. The van der Waals surface area contributed by atoms with Gasteiger partial charge in [0.1, 0.15) is 0 Å². The van der Waals surface area contributed by atoms with Gasteiger partial charge in [0.2, 0.25) is 5.69 Å². The molecule has 0 aromatic heterocycles. The molecule has 0 saturated carbocycles. The third kappa shape index (κ3) is 2.93. The topological polar surface area (TPSA) is 156 Å². The summed E-state index contributed by atoms with van der Waals surface area (Å²) >= 11 is 0. The van der Waals surface area contributed by atoms with Crippen LogP contribution in [0.1, 0.15) is 0 Å². The van der Waals surface area contributed by atoms with Gasteiger partial charge < -0.3 is 0 Å². The Morgan fingerprint density at radius 1 is 1.21 bits per heavy atom. The van der Waals surface area contributed by atoms with Crippen molar-refractivity contribution in [3.63, 3.8) is 0 Å². The number of nitro benzene ring substituents is 2. The molecule has 1 aromatic rings. The van der Waals surface area contributed by atoms with Gasteiger partial charge in [0.05, 0.1) is 14.7 Å². The Labute approximate surface area is 106 Å². The minimum absolute atomic E-state index is 0.575. The number of hydrogen-bond acceptors (Lipinski definition) is 8. The molecule has 0 bridgehead atoms. The molecule has 0 fully saturated rings. The fourth-order valence-electron chi connectivity index (χ4n) is 1.27. The molecule has 10 nitrogen and oxygen atoms in total. The monoisotopic (exact) mass is 286 g/mol. The van der Waals surface area contributed by atoms with Crippen molar-refractivity contribution in [3.8, 4) is 6.19 Å². The number of nitriles is 1. The number of nitro groups is 2. The maximum absolute atomic E-state index is 11.3. The molecule has 0 aliphatic carbocycles. The molecular weight excluding hydrogens is 280 g/mol. The zero-order valence-corrected chi connectivity index (χ0v) is 10.2. The minimum atomic E-state index is -3.87. The van der Waals surface area contributed by atoms with E-state index in [0.29, 0.717) is 12.1 Å². The SMILES string of the molecule is CS(=O)(=O)c1cc([N+](=O)[O-])c(NC#N)c([N+](=O)[O-])c1. The van der Waals surface area contributed by atoms with Crippen LogP contribution in [0.15, 0.2) is 17.0 Å². The van der Waals surface area contributed by atoms with Gasteiger partial charge in [-0.15, -0.1) is 0 Å². The Hall–Kier alpha value is -2.74. The van der Waals surface area contributed by atoms with E-state index in [4.69, 9.17) is 5.26 Å². The average Bonchev–Trinajstić information content (AvgIpc) is 2.27. The highest BCUT2D eigenvalue weighted by molar-refractivity contribution is 7.90. The third-order valence-electron chi connectivity index (χ3n) is 2.07. The van der Waals surface area contributed by atoms with Gasteiger partial charge in [-0.25, -0.2) is 8.42 Å². The molecule has 0 saturated heterocycles. The summed E-state index contributed by atoms with van der Waals surface area (Å²) in [6.07, 6.45) is 2.08. The standard InChI is InChI=1S/C8H6N4O6S/c1-19(17,18)5-2-6(11(13)14)8(10-4-9)7(3-5)12(15)16/h2-3,10H,1H3. The molecule has 0 unspecified atom stereocenters. The van der Waals surface area contributed by atoms with Gasteiger partial charge in [-0.2, -0.15) is 5.26 Å². The zero-order chi connectivity index (χ0) is 14.8. The molecule has 0 atom stereocenters. The Morgan fingerprint density at radius 3 is 1.89 bits per heavy atom. The molecule has 1 N–H and O–H groups in total. The lowest BCUT2D eigenvalue weighted by atomic mass is 10.2. The van der Waals surface area contributed by atoms with Crippen molar-refractivity contribution in [2.24, 2.45) is 0 Å². The lowest BCUT2D eigenvalue weighted by Crippen LogP contribution is -2.05. The molecule has 0 heterocycles. The van der Waals surface area contributed by atoms with Crippen LogP contribution in [0.4, 0.5) is 17.1 Å². The largest absolute Gasteiger partial charge is 0.301 e. The van der Waals surface area contributed by atoms with Crippen molar-refractivity contribution in [1.29, 1.82) is 5.26 Å². The van der Waals surface area contributed by atoms with Crippen LogP contribution in [0.25, 0.3) is 0 Å². The van der Waals surface area contributed by atoms with E-state index in [1.807, 2.05) is 5.32 Å². The van der Waals surface area contributed by atoms with Crippen LogP contribution >= 0.6 is 0 Å². The summed E-state index contributed by atoms with van der Waals surface area (Å²) in [6, 6.07) is 1.31. The summed E-state index contributed by atoms with van der Waals surface area (Å²) in [6.45, 7) is 0. The molecule has 0 amide bonds. The van der Waals surface area contributed by atoms with Crippen molar-refractivity contribution >= 4 is 26.9 Å². The van der Waals surface area contributed by atoms with Crippen LogP contribution in [0.2, 0.25) is 0 Å². The number of benzene rings is 1. The first-order chi connectivity index (χ1) is 8.68. The Bertz CT molecular complexity index is 669. The first-order valence-corrected chi connectivity index (χ1v) is 6.39. The summed E-state index contributed by atoms with van der Waals surface area (Å²) in [7, 11) is -3.87. The van der Waals surface area contributed by atoms with Gasteiger partial charge in [0, 0.05) is 18.4 Å². The van der Waals surface area contributed by atoms with Gasteiger partial charge in [-0.1, -0.05) is 0 Å². The first kappa shape index (κ1) is 14.3. The van der Waals surface area contributed by atoms with E-state index < -0.39 is 41.6 Å². The van der Waals surface area contributed by atoms with E-state index in [9.17, 15) is 28.6 Å². The van der Waals surface area contributed by atoms with Crippen LogP contribution < -0.4 is 5.32 Å². The second-order valence-corrected chi connectivity index (χ2v) is 5.38. The first-order valence-electron chi connectivity index (χ1n) is 4.50. The van der Waals surface area contributed by atoms with Crippen LogP contribution in [0.5, 0.6) is 0 Å². The van der Waals surface area contributed by atoms with E-state index >= 15 is 0 Å². The van der Waals surface area contributed by atoms with Gasteiger partial charge in [-0.05, 0) is 0 Å². The highest BCUT2D eigenvalue weighted by atomic mass is 32.2. The summed E-state index contributed by atoms with van der Waals surface area (Å²) < 4.78 is 22.6. The fraction of sp³-hybridized carbons (Fsp3) is 0.125. The molecule has 19 heavy (non-hydrogen) atoms. The van der Waals surface area contributed by atoms with Gasteiger partial charge in [0.15, 0.2) is 16.0 Å². The number of hydrogen-bond donors (Lipinski definition) is 1. The number of rotatable bonds is 4. The molecule has 0 aliphatic heterocycles. The molecular formula is C8H6N4O6S. The Balaban J connectivity index is 3.78. The van der Waals surface area contributed by atoms with Crippen molar-refractivity contribution < 1.29 is 18.3 Å². The normalized spacial score (nSPS) is 10.5. The lowest BCUT2D eigenvalue weighted by molar-refractivity contribution is -0.392. The molecule has 0 radical (unpaired) electrons. The maximum Gasteiger partial charge on any atom is 0.301 e. The predicted molar refractivity (Wildman–Crippen MR) is 62.1 cm³/mol. The molecule has 1 rings (SSSR count). The number of sulfone groups is 1. The number of nitrogens with zero attached hydrogens (tertiary/aromatic N) is 3. The highest BCUT2D eigenvalue weighted by Crippen LogP contribution is 2.36. The third-order valence-corrected chi connectivity index (χ3v) is 3.16. The van der Waals surface area contributed by atoms with Crippen LogP contribution in [-0.2, 0) is 9.84 Å². The fourth-order valence-corrected chi connectivity index (χ4v) is 1.92. The molecule has 100 valence electrons. The predicted octanol–water partition coefficient (Wildman–Crippen LogP) is 0.799.